The number of ether oxygens (including phenoxy) is 2. The van der Waals surface area contributed by atoms with E-state index in [4.69, 9.17) is 9.47 Å². The molecule has 0 aliphatic carbocycles. The number of anilines is 2. The fourth-order valence-corrected chi connectivity index (χ4v) is 4.24. The quantitative estimate of drug-likeness (QED) is 0.225. The molecule has 0 aromatic heterocycles. The first-order chi connectivity index (χ1) is 17.4. The first-order valence-electron chi connectivity index (χ1n) is 11.7. The number of benzene rings is 3. The Kier molecular flexibility index (Phi) is 9.54. The third-order valence-corrected chi connectivity index (χ3v) is 6.27. The second kappa shape index (κ2) is 12.8. The van der Waals surface area contributed by atoms with Gasteiger partial charge in [-0.15, -0.1) is 0 Å². The lowest BCUT2D eigenvalue weighted by atomic mass is 10.1. The highest BCUT2D eigenvalue weighted by Gasteiger charge is 2.15. The van der Waals surface area contributed by atoms with Crippen LogP contribution in [0.4, 0.5) is 11.4 Å². The van der Waals surface area contributed by atoms with Gasteiger partial charge >= 0.3 is 0 Å². The van der Waals surface area contributed by atoms with Crippen LogP contribution in [-0.4, -0.2) is 26.1 Å². The molecule has 0 radical (unpaired) electrons. The Morgan fingerprint density at radius 2 is 1.75 bits per heavy atom. The lowest BCUT2D eigenvalue weighted by molar-refractivity contribution is -0.112. The van der Waals surface area contributed by atoms with Gasteiger partial charge in [0, 0.05) is 24.5 Å². The molecule has 0 fully saturated rings. The molecule has 1 amide bonds. The molecule has 3 aromatic carbocycles. The first kappa shape index (κ1) is 26.8. The molecule has 186 valence electrons. The van der Waals surface area contributed by atoms with Crippen LogP contribution in [0.2, 0.25) is 0 Å². The topological polar surface area (TPSA) is 74.6 Å². The van der Waals surface area contributed by atoms with E-state index in [9.17, 15) is 10.1 Å². The van der Waals surface area contributed by atoms with Gasteiger partial charge in [0.25, 0.3) is 5.91 Å². The zero-order valence-corrected chi connectivity index (χ0v) is 22.6. The van der Waals surface area contributed by atoms with Crippen LogP contribution in [0.3, 0.4) is 0 Å². The van der Waals surface area contributed by atoms with Crippen LogP contribution >= 0.6 is 15.9 Å². The van der Waals surface area contributed by atoms with Gasteiger partial charge in [-0.1, -0.05) is 29.8 Å². The Bertz CT molecular complexity index is 1260. The monoisotopic (exact) mass is 547 g/mol. The van der Waals surface area contributed by atoms with E-state index in [1.165, 1.54) is 11.6 Å². The second-order valence-electron chi connectivity index (χ2n) is 8.15. The normalized spacial score (nSPS) is 10.9. The Labute approximate surface area is 221 Å². The number of nitrogens with zero attached hydrogens (tertiary/aromatic N) is 2. The van der Waals surface area contributed by atoms with Crippen molar-refractivity contribution in [2.75, 3.05) is 30.4 Å². The molecule has 36 heavy (non-hydrogen) atoms. The molecule has 3 rings (SSSR count). The summed E-state index contributed by atoms with van der Waals surface area (Å²) >= 11 is 3.54. The van der Waals surface area contributed by atoms with Crippen molar-refractivity contribution in [1.82, 2.24) is 0 Å². The molecular formula is C29H30BrN3O3. The Balaban J connectivity index is 1.76. The van der Waals surface area contributed by atoms with E-state index in [2.05, 4.69) is 40.0 Å². The van der Waals surface area contributed by atoms with E-state index in [1.54, 1.807) is 19.2 Å². The van der Waals surface area contributed by atoms with Crippen molar-refractivity contribution in [3.63, 3.8) is 0 Å². The number of nitriles is 1. The molecule has 0 bridgehead atoms. The highest BCUT2D eigenvalue weighted by Crippen LogP contribution is 2.38. The number of methoxy groups -OCH3 is 1. The molecule has 0 unspecified atom stereocenters. The highest BCUT2D eigenvalue weighted by atomic mass is 79.9. The van der Waals surface area contributed by atoms with Crippen molar-refractivity contribution >= 4 is 39.3 Å². The van der Waals surface area contributed by atoms with Gasteiger partial charge in [-0.2, -0.15) is 5.26 Å². The summed E-state index contributed by atoms with van der Waals surface area (Å²) in [6.07, 6.45) is 1.52. The summed E-state index contributed by atoms with van der Waals surface area (Å²) in [5, 5.41) is 12.4. The van der Waals surface area contributed by atoms with Gasteiger partial charge in [-0.05, 0) is 90.3 Å². The molecule has 0 heterocycles. The van der Waals surface area contributed by atoms with E-state index < -0.39 is 5.91 Å². The summed E-state index contributed by atoms with van der Waals surface area (Å²) in [4.78, 5) is 15.0. The second-order valence-corrected chi connectivity index (χ2v) is 9.01. The number of hydrogen-bond donors (Lipinski definition) is 1. The van der Waals surface area contributed by atoms with Gasteiger partial charge in [0.15, 0.2) is 11.5 Å². The molecule has 0 aliphatic rings. The van der Waals surface area contributed by atoms with E-state index in [-0.39, 0.29) is 5.57 Å². The van der Waals surface area contributed by atoms with Gasteiger partial charge in [0.2, 0.25) is 0 Å². The molecular weight excluding hydrogens is 518 g/mol. The fourth-order valence-electron chi connectivity index (χ4n) is 3.66. The summed E-state index contributed by atoms with van der Waals surface area (Å²) in [5.74, 6) is 0.557. The largest absolute Gasteiger partial charge is 0.493 e. The van der Waals surface area contributed by atoms with Gasteiger partial charge in [-0.25, -0.2) is 0 Å². The van der Waals surface area contributed by atoms with E-state index >= 15 is 0 Å². The number of hydrogen-bond acceptors (Lipinski definition) is 5. The van der Waals surface area contributed by atoms with Gasteiger partial charge in [0.1, 0.15) is 18.2 Å². The smallest absolute Gasteiger partial charge is 0.266 e. The number of halogens is 1. The maximum atomic E-state index is 12.8. The average Bonchev–Trinajstić information content (AvgIpc) is 2.88. The van der Waals surface area contributed by atoms with Crippen molar-refractivity contribution in [2.24, 2.45) is 0 Å². The molecule has 0 atom stereocenters. The average molecular weight is 548 g/mol. The summed E-state index contributed by atoms with van der Waals surface area (Å²) in [7, 11) is 1.55. The van der Waals surface area contributed by atoms with Crippen LogP contribution in [0, 0.1) is 18.3 Å². The van der Waals surface area contributed by atoms with E-state index in [0.29, 0.717) is 33.8 Å². The predicted molar refractivity (Wildman–Crippen MR) is 148 cm³/mol. The van der Waals surface area contributed by atoms with Crippen LogP contribution in [0.25, 0.3) is 6.08 Å². The molecule has 1 N–H and O–H groups in total. The highest BCUT2D eigenvalue weighted by molar-refractivity contribution is 9.10. The van der Waals surface area contributed by atoms with Crippen LogP contribution in [0.1, 0.15) is 30.5 Å². The van der Waals surface area contributed by atoms with E-state index in [1.807, 2.05) is 61.5 Å². The molecule has 3 aromatic rings. The summed E-state index contributed by atoms with van der Waals surface area (Å²) in [6.45, 7) is 8.41. The molecule has 6 nitrogen and oxygen atoms in total. The van der Waals surface area contributed by atoms with E-state index in [0.717, 1.165) is 24.3 Å². The number of carbonyl (C=O) groups is 1. The third-order valence-electron chi connectivity index (χ3n) is 5.69. The number of nitrogens with one attached hydrogen (secondary N) is 1. The van der Waals surface area contributed by atoms with Gasteiger partial charge < -0.3 is 19.7 Å². The minimum atomic E-state index is -0.483. The zero-order valence-electron chi connectivity index (χ0n) is 21.0. The minimum absolute atomic E-state index is 0.0231. The first-order valence-corrected chi connectivity index (χ1v) is 12.5. The van der Waals surface area contributed by atoms with Crippen molar-refractivity contribution in [3.05, 3.63) is 87.4 Å². The lowest BCUT2D eigenvalue weighted by Crippen LogP contribution is -2.21. The van der Waals surface area contributed by atoms with Crippen molar-refractivity contribution in [2.45, 2.75) is 27.4 Å². The number of rotatable bonds is 10. The Morgan fingerprint density at radius 3 is 2.33 bits per heavy atom. The summed E-state index contributed by atoms with van der Waals surface area (Å²) in [6, 6.07) is 21.2. The molecule has 0 spiro atoms. The SMILES string of the molecule is CCN(CC)c1ccc(NC(=O)/C(C#N)=C\c2cc(Br)c(OCc3ccc(C)cc3)c(OC)c2)cc1. The number of aryl methyl sites for hydroxylation is 1. The molecule has 0 saturated carbocycles. The van der Waals surface area contributed by atoms with Gasteiger partial charge in [0.05, 0.1) is 11.6 Å². The standard InChI is InChI=1S/C29H30BrN3O3/c1-5-33(6-2)25-13-11-24(12-14-25)32-29(34)23(18-31)15-22-16-26(30)28(27(17-22)35-4)36-19-21-9-7-20(3)8-10-21/h7-17H,5-6,19H2,1-4H3,(H,32,34)/b23-15-. The van der Waals surface area contributed by atoms with Crippen LogP contribution in [-0.2, 0) is 11.4 Å². The Morgan fingerprint density at radius 1 is 1.08 bits per heavy atom. The van der Waals surface area contributed by atoms with Crippen molar-refractivity contribution in [1.29, 1.82) is 5.26 Å². The summed E-state index contributed by atoms with van der Waals surface area (Å²) in [5.41, 5.74) is 4.52. The maximum Gasteiger partial charge on any atom is 0.266 e. The summed E-state index contributed by atoms with van der Waals surface area (Å²) < 4.78 is 12.2. The van der Waals surface area contributed by atoms with Crippen LogP contribution in [0.15, 0.2) is 70.7 Å². The number of amides is 1. The predicted octanol–water partition coefficient (Wildman–Crippen LogP) is 6.74. The molecule has 0 aliphatic heterocycles. The lowest BCUT2D eigenvalue weighted by Gasteiger charge is -2.21. The third kappa shape index (κ3) is 6.89. The maximum absolute atomic E-state index is 12.8. The minimum Gasteiger partial charge on any atom is -0.493 e. The molecule has 7 heteroatoms. The van der Waals surface area contributed by atoms with Gasteiger partial charge in [-0.3, -0.25) is 4.79 Å². The van der Waals surface area contributed by atoms with Crippen molar-refractivity contribution in [3.8, 4) is 17.6 Å². The zero-order chi connectivity index (χ0) is 26.1. The Hall–Kier alpha value is -3.76. The van der Waals surface area contributed by atoms with Crippen molar-refractivity contribution < 1.29 is 14.3 Å². The van der Waals surface area contributed by atoms with Crippen LogP contribution in [0.5, 0.6) is 11.5 Å². The van der Waals surface area contributed by atoms with Crippen LogP contribution < -0.4 is 19.7 Å². The fraction of sp³-hybridized carbons (Fsp3) is 0.241. The molecule has 0 saturated heterocycles. The number of carbonyl (C=O) groups excluding carboxylic acids is 1.